The van der Waals surface area contributed by atoms with Crippen LogP contribution in [0, 0.1) is 5.82 Å². The minimum absolute atomic E-state index is 0.0222. The van der Waals surface area contributed by atoms with Crippen LogP contribution >= 0.6 is 11.6 Å². The first-order valence-electron chi connectivity index (χ1n) is 9.02. The maximum atomic E-state index is 14.6. The third kappa shape index (κ3) is 6.79. The molecule has 2 rings (SSSR count). The Labute approximate surface area is 167 Å². The van der Waals surface area contributed by atoms with Gasteiger partial charge in [-0.1, -0.05) is 17.7 Å². The normalized spacial score (nSPS) is 20.1. The number of ether oxygens (including phenoxy) is 1. The van der Waals surface area contributed by atoms with Crippen molar-refractivity contribution >= 4 is 17.6 Å². The summed E-state index contributed by atoms with van der Waals surface area (Å²) in [5.41, 5.74) is 0.344. The van der Waals surface area contributed by atoms with Crippen LogP contribution < -0.4 is 10.6 Å². The number of nitrogens with one attached hydrogen (secondary N) is 2. The Morgan fingerprint density at radius 2 is 2.14 bits per heavy atom. The van der Waals surface area contributed by atoms with Gasteiger partial charge in [-0.3, -0.25) is 9.89 Å². The van der Waals surface area contributed by atoms with E-state index in [9.17, 15) is 17.6 Å². The minimum atomic E-state index is -4.25. The van der Waals surface area contributed by atoms with Gasteiger partial charge in [-0.2, -0.15) is 13.2 Å². The van der Waals surface area contributed by atoms with Crippen molar-refractivity contribution in [3.8, 4) is 0 Å². The Morgan fingerprint density at radius 3 is 2.75 bits per heavy atom. The fraction of sp³-hybridized carbons (Fsp3) is 0.611. The van der Waals surface area contributed by atoms with Crippen LogP contribution in [-0.4, -0.2) is 63.0 Å². The van der Waals surface area contributed by atoms with Crippen molar-refractivity contribution in [3.05, 3.63) is 34.6 Å². The number of rotatable bonds is 6. The van der Waals surface area contributed by atoms with Gasteiger partial charge in [-0.25, -0.2) is 4.39 Å². The van der Waals surface area contributed by atoms with Gasteiger partial charge in [0.15, 0.2) is 5.96 Å². The van der Waals surface area contributed by atoms with Crippen molar-refractivity contribution in [3.63, 3.8) is 0 Å². The smallest absolute Gasteiger partial charge is 0.376 e. The van der Waals surface area contributed by atoms with E-state index in [1.54, 1.807) is 6.07 Å². The quantitative estimate of drug-likeness (QED) is 0.418. The molecule has 0 radical (unpaired) electrons. The summed E-state index contributed by atoms with van der Waals surface area (Å²) in [4.78, 5) is 5.99. The molecular formula is C18H25ClF4N4O. The molecule has 0 amide bonds. The molecule has 0 saturated carbocycles. The number of aliphatic imine (C=N–C) groups is 1. The van der Waals surface area contributed by atoms with Gasteiger partial charge < -0.3 is 15.4 Å². The Kier molecular flexibility index (Phi) is 8.33. The summed E-state index contributed by atoms with van der Waals surface area (Å²) in [5.74, 6) is -0.221. The highest BCUT2D eigenvalue weighted by Crippen LogP contribution is 2.31. The van der Waals surface area contributed by atoms with Gasteiger partial charge in [0.1, 0.15) is 5.82 Å². The molecule has 2 N–H and O–H groups in total. The molecular weight excluding hydrogens is 400 g/mol. The molecule has 5 nitrogen and oxygen atoms in total. The van der Waals surface area contributed by atoms with E-state index in [-0.39, 0.29) is 25.2 Å². The maximum Gasteiger partial charge on any atom is 0.390 e. The van der Waals surface area contributed by atoms with E-state index in [0.717, 1.165) is 0 Å². The molecule has 1 fully saturated rings. The van der Waals surface area contributed by atoms with Crippen molar-refractivity contribution in [2.45, 2.75) is 31.7 Å². The number of benzene rings is 1. The average molecular weight is 425 g/mol. The van der Waals surface area contributed by atoms with Gasteiger partial charge >= 0.3 is 6.18 Å². The van der Waals surface area contributed by atoms with Crippen molar-refractivity contribution < 1.29 is 22.3 Å². The highest BCUT2D eigenvalue weighted by atomic mass is 35.5. The van der Waals surface area contributed by atoms with E-state index < -0.39 is 24.5 Å². The lowest BCUT2D eigenvalue weighted by Gasteiger charge is -2.38. The van der Waals surface area contributed by atoms with Crippen molar-refractivity contribution in [1.82, 2.24) is 15.5 Å². The first-order chi connectivity index (χ1) is 13.2. The third-order valence-electron chi connectivity index (χ3n) is 4.43. The Morgan fingerprint density at radius 1 is 1.39 bits per heavy atom. The van der Waals surface area contributed by atoms with Crippen LogP contribution in [0.1, 0.15) is 24.9 Å². The third-order valence-corrected chi connectivity index (χ3v) is 4.76. The number of hydrogen-bond acceptors (Lipinski definition) is 3. The van der Waals surface area contributed by atoms with Gasteiger partial charge in [0, 0.05) is 43.8 Å². The van der Waals surface area contributed by atoms with Gasteiger partial charge in [-0.15, -0.1) is 0 Å². The molecule has 0 bridgehead atoms. The monoisotopic (exact) mass is 424 g/mol. The zero-order valence-corrected chi connectivity index (χ0v) is 16.6. The average Bonchev–Trinajstić information content (AvgIpc) is 2.61. The highest BCUT2D eigenvalue weighted by molar-refractivity contribution is 6.31. The second kappa shape index (κ2) is 10.3. The molecule has 158 valence electrons. The first-order valence-corrected chi connectivity index (χ1v) is 9.40. The highest BCUT2D eigenvalue weighted by Gasteiger charge is 2.30. The number of nitrogens with zero attached hydrogens (tertiary/aromatic N) is 2. The predicted molar refractivity (Wildman–Crippen MR) is 101 cm³/mol. The number of morpholine rings is 1. The molecule has 1 aliphatic heterocycles. The molecule has 28 heavy (non-hydrogen) atoms. The topological polar surface area (TPSA) is 48.9 Å². The Balaban J connectivity index is 2.11. The first kappa shape index (κ1) is 22.7. The summed E-state index contributed by atoms with van der Waals surface area (Å²) in [5, 5.41) is 5.90. The largest absolute Gasteiger partial charge is 0.390 e. The maximum absolute atomic E-state index is 14.6. The fourth-order valence-corrected chi connectivity index (χ4v) is 3.40. The number of alkyl halides is 3. The molecule has 10 heteroatoms. The lowest BCUT2D eigenvalue weighted by molar-refractivity contribution is -0.132. The van der Waals surface area contributed by atoms with E-state index in [0.29, 0.717) is 30.3 Å². The molecule has 1 heterocycles. The zero-order chi connectivity index (χ0) is 20.7. The SMILES string of the molecule is CN=C(NCCC(F)(F)F)NCC(c1c(F)cccc1Cl)N1CCOC(C)C1. The van der Waals surface area contributed by atoms with E-state index in [4.69, 9.17) is 16.3 Å². The summed E-state index contributed by atoms with van der Waals surface area (Å²) in [7, 11) is 1.46. The predicted octanol–water partition coefficient (Wildman–Crippen LogP) is 3.36. The van der Waals surface area contributed by atoms with Crippen molar-refractivity contribution in [2.75, 3.05) is 39.8 Å². The lowest BCUT2D eigenvalue weighted by Crippen LogP contribution is -2.48. The molecule has 2 unspecified atom stereocenters. The van der Waals surface area contributed by atoms with E-state index in [1.165, 1.54) is 19.2 Å². The summed E-state index contributed by atoms with van der Waals surface area (Å²) in [6.45, 7) is 3.51. The number of halogens is 5. The van der Waals surface area contributed by atoms with Crippen LogP contribution in [0.4, 0.5) is 17.6 Å². The van der Waals surface area contributed by atoms with E-state index in [1.807, 2.05) is 6.92 Å². The van der Waals surface area contributed by atoms with Crippen LogP contribution in [0.3, 0.4) is 0 Å². The Bertz CT molecular complexity index is 651. The van der Waals surface area contributed by atoms with E-state index >= 15 is 0 Å². The van der Waals surface area contributed by atoms with Crippen molar-refractivity contribution in [2.24, 2.45) is 4.99 Å². The van der Waals surface area contributed by atoms with E-state index in [2.05, 4.69) is 20.5 Å². The van der Waals surface area contributed by atoms with Gasteiger partial charge in [0.2, 0.25) is 0 Å². The molecule has 1 saturated heterocycles. The van der Waals surface area contributed by atoms with Crippen LogP contribution in [0.15, 0.2) is 23.2 Å². The summed E-state index contributed by atoms with van der Waals surface area (Å²) in [6.07, 6.45) is -5.25. The molecule has 0 aliphatic carbocycles. The van der Waals surface area contributed by atoms with Gasteiger partial charge in [0.05, 0.1) is 25.2 Å². The van der Waals surface area contributed by atoms with Gasteiger partial charge in [-0.05, 0) is 19.1 Å². The fourth-order valence-electron chi connectivity index (χ4n) is 3.11. The Hall–Kier alpha value is -1.58. The number of guanidine groups is 1. The van der Waals surface area contributed by atoms with Crippen LogP contribution in [0.5, 0.6) is 0 Å². The van der Waals surface area contributed by atoms with Crippen LogP contribution in [-0.2, 0) is 4.74 Å². The summed E-state index contributed by atoms with van der Waals surface area (Å²) >= 11 is 6.27. The molecule has 1 aliphatic rings. The van der Waals surface area contributed by atoms with Crippen LogP contribution in [0.2, 0.25) is 5.02 Å². The molecule has 1 aromatic rings. The standard InChI is InChI=1S/C18H25ClF4N4O/c1-12-11-27(8-9-28-12)15(16-13(19)4-3-5-14(16)20)10-26-17(24-2)25-7-6-18(21,22)23/h3-5,12,15H,6-11H2,1-2H3,(H2,24,25,26). The zero-order valence-electron chi connectivity index (χ0n) is 15.8. The molecule has 0 aromatic heterocycles. The number of hydrogen-bond donors (Lipinski definition) is 2. The van der Waals surface area contributed by atoms with Crippen molar-refractivity contribution in [1.29, 1.82) is 0 Å². The minimum Gasteiger partial charge on any atom is -0.376 e. The molecule has 2 atom stereocenters. The second-order valence-corrected chi connectivity index (χ2v) is 6.98. The summed E-state index contributed by atoms with van der Waals surface area (Å²) < 4.78 is 57.1. The van der Waals surface area contributed by atoms with Crippen LogP contribution in [0.25, 0.3) is 0 Å². The van der Waals surface area contributed by atoms with Gasteiger partial charge in [0.25, 0.3) is 0 Å². The summed E-state index contributed by atoms with van der Waals surface area (Å²) in [6, 6.07) is 4.06. The molecule has 1 aromatic carbocycles. The second-order valence-electron chi connectivity index (χ2n) is 6.57. The molecule has 0 spiro atoms. The lowest BCUT2D eigenvalue weighted by atomic mass is 10.0.